The molecule has 0 aromatic heterocycles. The molecule has 0 aromatic carbocycles. The summed E-state index contributed by atoms with van der Waals surface area (Å²) in [4.78, 5) is 33.4. The Morgan fingerprint density at radius 2 is 1.88 bits per heavy atom. The highest BCUT2D eigenvalue weighted by Crippen LogP contribution is 1.90. The summed E-state index contributed by atoms with van der Waals surface area (Å²) in [6.07, 6.45) is 0. The maximum absolute atomic E-state index is 11.3. The Balaban J connectivity index is 4.25. The van der Waals surface area contributed by atoms with E-state index in [1.54, 1.807) is 6.92 Å². The van der Waals surface area contributed by atoms with Gasteiger partial charge in [-0.15, -0.1) is 0 Å². The highest BCUT2D eigenvalue weighted by molar-refractivity contribution is 6.02. The van der Waals surface area contributed by atoms with Crippen molar-refractivity contribution in [3.05, 3.63) is 0 Å². The predicted octanol–water partition coefficient (Wildman–Crippen LogP) is -1.45. The van der Waals surface area contributed by atoms with Gasteiger partial charge >= 0.3 is 11.9 Å². The number of carbonyl (C=O) groups is 3. The van der Waals surface area contributed by atoms with Gasteiger partial charge in [-0.1, -0.05) is 0 Å². The molecule has 2 atom stereocenters. The summed E-state index contributed by atoms with van der Waals surface area (Å²) in [6, 6.07) is -2.30. The van der Waals surface area contributed by atoms with E-state index in [0.717, 1.165) is 0 Å². The number of hydrogen-bond donors (Lipinski definition) is 2. The SMILES string of the molecule is CCOC(=O)C(N)C(=O)NC(C)C(=O)OC. The zero-order valence-electron chi connectivity index (χ0n) is 9.48. The summed E-state index contributed by atoms with van der Waals surface area (Å²) in [5.41, 5.74) is 5.30. The summed E-state index contributed by atoms with van der Waals surface area (Å²) in [6.45, 7) is 3.15. The van der Waals surface area contributed by atoms with Crippen molar-refractivity contribution in [2.75, 3.05) is 13.7 Å². The van der Waals surface area contributed by atoms with E-state index in [1.807, 2.05) is 0 Å². The molecule has 7 heteroatoms. The zero-order valence-corrected chi connectivity index (χ0v) is 9.48. The van der Waals surface area contributed by atoms with Crippen LogP contribution >= 0.6 is 0 Å². The molecule has 0 aliphatic heterocycles. The monoisotopic (exact) mass is 232 g/mol. The zero-order chi connectivity index (χ0) is 12.7. The van der Waals surface area contributed by atoms with Crippen LogP contribution in [0.2, 0.25) is 0 Å². The van der Waals surface area contributed by atoms with Gasteiger partial charge in [0.1, 0.15) is 6.04 Å². The molecule has 0 aliphatic rings. The van der Waals surface area contributed by atoms with Crippen LogP contribution in [0.1, 0.15) is 13.8 Å². The van der Waals surface area contributed by atoms with Crippen LogP contribution in [0.4, 0.5) is 0 Å². The van der Waals surface area contributed by atoms with E-state index < -0.39 is 29.9 Å². The van der Waals surface area contributed by atoms with Crippen LogP contribution in [-0.4, -0.2) is 43.6 Å². The second-order valence-electron chi connectivity index (χ2n) is 2.98. The Morgan fingerprint density at radius 3 is 2.31 bits per heavy atom. The third-order valence-electron chi connectivity index (χ3n) is 1.74. The van der Waals surface area contributed by atoms with E-state index in [1.165, 1.54) is 14.0 Å². The molecule has 0 saturated carbocycles. The van der Waals surface area contributed by atoms with Crippen molar-refractivity contribution in [1.29, 1.82) is 0 Å². The lowest BCUT2D eigenvalue weighted by molar-refractivity contribution is -0.150. The van der Waals surface area contributed by atoms with Gasteiger partial charge < -0.3 is 20.5 Å². The number of nitrogens with one attached hydrogen (secondary N) is 1. The number of rotatable bonds is 5. The first-order valence-corrected chi connectivity index (χ1v) is 4.74. The average Bonchev–Trinajstić information content (AvgIpc) is 2.26. The molecule has 0 aromatic rings. The van der Waals surface area contributed by atoms with E-state index in [-0.39, 0.29) is 6.61 Å². The van der Waals surface area contributed by atoms with Crippen LogP contribution in [0.25, 0.3) is 0 Å². The van der Waals surface area contributed by atoms with Crippen molar-refractivity contribution in [1.82, 2.24) is 5.32 Å². The summed E-state index contributed by atoms with van der Waals surface area (Å²) in [7, 11) is 1.19. The molecule has 0 radical (unpaired) electrons. The van der Waals surface area contributed by atoms with Crippen molar-refractivity contribution < 1.29 is 23.9 Å². The fourth-order valence-corrected chi connectivity index (χ4v) is 0.878. The molecule has 3 N–H and O–H groups in total. The number of methoxy groups -OCH3 is 1. The molecular formula is C9H16N2O5. The average molecular weight is 232 g/mol. The van der Waals surface area contributed by atoms with Crippen molar-refractivity contribution in [3.63, 3.8) is 0 Å². The van der Waals surface area contributed by atoms with Gasteiger partial charge in [-0.25, -0.2) is 9.59 Å². The Labute approximate surface area is 93.3 Å². The van der Waals surface area contributed by atoms with Gasteiger partial charge in [0.25, 0.3) is 0 Å². The van der Waals surface area contributed by atoms with Crippen molar-refractivity contribution in [2.45, 2.75) is 25.9 Å². The van der Waals surface area contributed by atoms with Gasteiger partial charge in [-0.05, 0) is 13.8 Å². The second-order valence-corrected chi connectivity index (χ2v) is 2.98. The largest absolute Gasteiger partial charge is 0.467 e. The third kappa shape index (κ3) is 4.26. The standard InChI is InChI=1S/C9H16N2O5/c1-4-16-9(14)6(10)7(12)11-5(2)8(13)15-3/h5-6H,4,10H2,1-3H3,(H,11,12). The van der Waals surface area contributed by atoms with Crippen molar-refractivity contribution >= 4 is 17.8 Å². The highest BCUT2D eigenvalue weighted by atomic mass is 16.5. The lowest BCUT2D eigenvalue weighted by Crippen LogP contribution is -2.51. The molecule has 1 amide bonds. The van der Waals surface area contributed by atoms with Crippen LogP contribution in [-0.2, 0) is 23.9 Å². The molecule has 0 saturated heterocycles. The second kappa shape index (κ2) is 6.78. The van der Waals surface area contributed by atoms with Crippen molar-refractivity contribution in [2.24, 2.45) is 5.73 Å². The number of hydrogen-bond acceptors (Lipinski definition) is 6. The minimum Gasteiger partial charge on any atom is -0.467 e. The van der Waals surface area contributed by atoms with Gasteiger partial charge in [0.2, 0.25) is 5.91 Å². The van der Waals surface area contributed by atoms with Gasteiger partial charge in [0.05, 0.1) is 13.7 Å². The molecule has 92 valence electrons. The normalized spacial score (nSPS) is 13.5. The first-order valence-electron chi connectivity index (χ1n) is 4.74. The number of amides is 1. The number of ether oxygens (including phenoxy) is 2. The van der Waals surface area contributed by atoms with Crippen LogP contribution < -0.4 is 11.1 Å². The quantitative estimate of drug-likeness (QED) is 0.443. The van der Waals surface area contributed by atoms with E-state index in [0.29, 0.717) is 0 Å². The van der Waals surface area contributed by atoms with E-state index in [4.69, 9.17) is 5.73 Å². The molecule has 0 spiro atoms. The molecule has 2 unspecified atom stereocenters. The number of nitrogens with two attached hydrogens (primary N) is 1. The van der Waals surface area contributed by atoms with E-state index in [2.05, 4.69) is 14.8 Å². The van der Waals surface area contributed by atoms with Crippen molar-refractivity contribution in [3.8, 4) is 0 Å². The predicted molar refractivity (Wildman–Crippen MR) is 54.2 cm³/mol. The highest BCUT2D eigenvalue weighted by Gasteiger charge is 2.26. The minimum absolute atomic E-state index is 0.131. The third-order valence-corrected chi connectivity index (χ3v) is 1.74. The van der Waals surface area contributed by atoms with Gasteiger partial charge in [-0.3, -0.25) is 4.79 Å². The van der Waals surface area contributed by atoms with Gasteiger partial charge in [0, 0.05) is 0 Å². The topological polar surface area (TPSA) is 108 Å². The Morgan fingerprint density at radius 1 is 1.31 bits per heavy atom. The Hall–Kier alpha value is -1.63. The van der Waals surface area contributed by atoms with Gasteiger partial charge in [0.15, 0.2) is 6.04 Å². The molecule has 0 fully saturated rings. The van der Waals surface area contributed by atoms with E-state index in [9.17, 15) is 14.4 Å². The van der Waals surface area contributed by atoms with E-state index >= 15 is 0 Å². The van der Waals surface area contributed by atoms with Crippen LogP contribution in [0.15, 0.2) is 0 Å². The summed E-state index contributed by atoms with van der Waals surface area (Å²) >= 11 is 0. The maximum Gasteiger partial charge on any atom is 0.332 e. The first-order chi connectivity index (χ1) is 7.43. The molecule has 0 heterocycles. The summed E-state index contributed by atoms with van der Waals surface area (Å²) in [5.74, 6) is -2.24. The Bertz CT molecular complexity index is 279. The fourth-order valence-electron chi connectivity index (χ4n) is 0.878. The Kier molecular flexibility index (Phi) is 6.09. The van der Waals surface area contributed by atoms with Crippen LogP contribution in [0.3, 0.4) is 0 Å². The summed E-state index contributed by atoms with van der Waals surface area (Å²) < 4.78 is 8.94. The molecule has 0 aliphatic carbocycles. The summed E-state index contributed by atoms with van der Waals surface area (Å²) in [5, 5.41) is 2.23. The lowest BCUT2D eigenvalue weighted by Gasteiger charge is -2.14. The van der Waals surface area contributed by atoms with Gasteiger partial charge in [-0.2, -0.15) is 0 Å². The molecule has 7 nitrogen and oxygen atoms in total. The maximum atomic E-state index is 11.3. The molecule has 0 bridgehead atoms. The lowest BCUT2D eigenvalue weighted by atomic mass is 10.2. The first kappa shape index (κ1) is 14.4. The van der Waals surface area contributed by atoms with Crippen LogP contribution in [0, 0.1) is 0 Å². The fraction of sp³-hybridized carbons (Fsp3) is 0.667. The van der Waals surface area contributed by atoms with Crippen LogP contribution in [0.5, 0.6) is 0 Å². The molecular weight excluding hydrogens is 216 g/mol. The smallest absolute Gasteiger partial charge is 0.332 e. The number of carbonyl (C=O) groups excluding carboxylic acids is 3. The minimum atomic E-state index is -1.44. The molecule has 16 heavy (non-hydrogen) atoms. The molecule has 0 rings (SSSR count). The number of esters is 2.